The van der Waals surface area contributed by atoms with E-state index in [1.807, 2.05) is 52.3 Å². The van der Waals surface area contributed by atoms with Gasteiger partial charge in [0.1, 0.15) is 30.3 Å². The molecule has 0 unspecified atom stereocenters. The first-order chi connectivity index (χ1) is 25.2. The van der Waals surface area contributed by atoms with Crippen LogP contribution < -0.4 is 26.3 Å². The Bertz CT molecular complexity index is 1760. The van der Waals surface area contributed by atoms with Gasteiger partial charge in [-0.15, -0.1) is 0 Å². The molecule has 0 spiro atoms. The van der Waals surface area contributed by atoms with Gasteiger partial charge in [0, 0.05) is 54.7 Å². The fraction of sp³-hybridized carbons (Fsp3) is 0.417. The van der Waals surface area contributed by atoms with Gasteiger partial charge in [-0.25, -0.2) is 4.99 Å². The average molecular weight is 771 g/mol. The summed E-state index contributed by atoms with van der Waals surface area (Å²) in [6, 6.07) is 16.4. The van der Waals surface area contributed by atoms with E-state index >= 15 is 0 Å². The molecule has 1 amide bonds. The topological polar surface area (TPSA) is 191 Å². The van der Waals surface area contributed by atoms with Crippen molar-refractivity contribution < 1.29 is 66.5 Å². The molecule has 1 aromatic heterocycles. The van der Waals surface area contributed by atoms with Gasteiger partial charge in [0.05, 0.1) is 12.6 Å². The van der Waals surface area contributed by atoms with E-state index in [9.17, 15) is 35.9 Å². The Labute approximate surface area is 307 Å². The number of hydrogen-bond acceptors (Lipinski definition) is 8. The molecule has 2 aromatic carbocycles. The molecular formula is C36H44F6N6O6. The summed E-state index contributed by atoms with van der Waals surface area (Å²) in [7, 11) is 4.06. The number of carboxylic acids is 2. The van der Waals surface area contributed by atoms with Crippen LogP contribution in [0.1, 0.15) is 67.8 Å². The number of carboxylic acid groups (broad SMARTS) is 2. The number of halogens is 6. The van der Waals surface area contributed by atoms with E-state index < -0.39 is 24.3 Å². The maximum atomic E-state index is 13.5. The predicted molar refractivity (Wildman–Crippen MR) is 182 cm³/mol. The SMILES string of the molecule is CCC(=O)CCCCC[C@H](NC(=O)Cc1c(C)[nH]c2ccc(C[NH2+]N(C)C)cc12)C1=NC=C(c2ccccc2)[NH2+]1.O=C([O-])C(F)(F)F.O=C([O-])C(F)(F)F. The number of aromatic nitrogens is 1. The molecule has 2 heterocycles. The van der Waals surface area contributed by atoms with Crippen molar-refractivity contribution in [3.05, 3.63) is 77.1 Å². The summed E-state index contributed by atoms with van der Waals surface area (Å²) in [5.74, 6) is -4.83. The van der Waals surface area contributed by atoms with Crippen LogP contribution in [-0.4, -0.2) is 71.9 Å². The minimum absolute atomic E-state index is 0.00956. The highest BCUT2D eigenvalue weighted by Crippen LogP contribution is 2.24. The highest BCUT2D eigenvalue weighted by molar-refractivity contribution is 5.93. The number of alkyl halides is 6. The maximum absolute atomic E-state index is 13.5. The fourth-order valence-electron chi connectivity index (χ4n) is 5.15. The lowest BCUT2D eigenvalue weighted by Gasteiger charge is -2.17. The summed E-state index contributed by atoms with van der Waals surface area (Å²) in [5, 5.41) is 26.1. The molecule has 12 nitrogen and oxygen atoms in total. The van der Waals surface area contributed by atoms with Crippen LogP contribution in [0.5, 0.6) is 0 Å². The average Bonchev–Trinajstić information content (AvgIpc) is 3.71. The Hall–Kier alpha value is -5.07. The molecule has 18 heteroatoms. The number of amides is 1. The van der Waals surface area contributed by atoms with E-state index in [-0.39, 0.29) is 11.9 Å². The van der Waals surface area contributed by atoms with Crippen molar-refractivity contribution in [3.8, 4) is 0 Å². The van der Waals surface area contributed by atoms with E-state index in [1.165, 1.54) is 5.56 Å². The molecule has 0 bridgehead atoms. The number of amidine groups is 1. The molecule has 3 aromatic rings. The van der Waals surface area contributed by atoms with Crippen molar-refractivity contribution in [1.29, 1.82) is 0 Å². The summed E-state index contributed by atoms with van der Waals surface area (Å²) in [4.78, 5) is 50.9. The molecule has 4 rings (SSSR count). The number of benzene rings is 2. The van der Waals surface area contributed by atoms with Crippen molar-refractivity contribution in [2.24, 2.45) is 4.99 Å². The number of nitrogens with one attached hydrogen (secondary N) is 2. The first-order valence-electron chi connectivity index (χ1n) is 16.9. The number of unbranched alkanes of at least 4 members (excludes halogenated alkanes) is 2. The Morgan fingerprint density at radius 2 is 1.56 bits per heavy atom. The van der Waals surface area contributed by atoms with Crippen LogP contribution >= 0.6 is 0 Å². The zero-order valence-corrected chi connectivity index (χ0v) is 30.2. The first kappa shape index (κ1) is 45.1. The Morgan fingerprint density at radius 1 is 0.944 bits per heavy atom. The Balaban J connectivity index is 0.000000610. The van der Waals surface area contributed by atoms with E-state index in [4.69, 9.17) is 24.8 Å². The van der Waals surface area contributed by atoms with Gasteiger partial charge < -0.3 is 30.1 Å². The third-order valence-electron chi connectivity index (χ3n) is 7.97. The number of hydrogen-bond donors (Lipinski definition) is 4. The van der Waals surface area contributed by atoms with Gasteiger partial charge in [0.15, 0.2) is 5.70 Å². The number of aromatic amines is 1. The second kappa shape index (κ2) is 21.0. The van der Waals surface area contributed by atoms with Gasteiger partial charge in [0.25, 0.3) is 0 Å². The number of fused-ring (bicyclic) bond motifs is 1. The van der Waals surface area contributed by atoms with Crippen LogP contribution in [0.2, 0.25) is 0 Å². The molecule has 0 aliphatic carbocycles. The van der Waals surface area contributed by atoms with Crippen LogP contribution in [0.15, 0.2) is 59.7 Å². The molecular weight excluding hydrogens is 726 g/mol. The van der Waals surface area contributed by atoms with Crippen LogP contribution in [0.3, 0.4) is 0 Å². The summed E-state index contributed by atoms with van der Waals surface area (Å²) in [6.07, 6.45) is -3.41. The second-order valence-corrected chi connectivity index (χ2v) is 12.5. The molecule has 296 valence electrons. The third-order valence-corrected chi connectivity index (χ3v) is 7.97. The minimum Gasteiger partial charge on any atom is -0.542 e. The highest BCUT2D eigenvalue weighted by atomic mass is 19.4. The van der Waals surface area contributed by atoms with Crippen molar-refractivity contribution >= 4 is 46.1 Å². The largest absolute Gasteiger partial charge is 0.542 e. The van der Waals surface area contributed by atoms with Crippen molar-refractivity contribution in [3.63, 3.8) is 0 Å². The third kappa shape index (κ3) is 15.5. The predicted octanol–water partition coefficient (Wildman–Crippen LogP) is 1.54. The number of Topliss-reactive ketones (excluding diaryl/α,β-unsaturated/α-hetero) is 1. The number of aliphatic carboxylic acids is 2. The molecule has 1 aliphatic heterocycles. The quantitative estimate of drug-likeness (QED) is 0.0780. The molecule has 0 saturated heterocycles. The number of nitrogens with zero attached hydrogens (tertiary/aromatic N) is 2. The van der Waals surface area contributed by atoms with Crippen molar-refractivity contribution in [2.45, 2.75) is 83.7 Å². The zero-order valence-electron chi connectivity index (χ0n) is 30.2. The number of rotatable bonds is 15. The Kier molecular flexibility index (Phi) is 17.5. The summed E-state index contributed by atoms with van der Waals surface area (Å²) < 4.78 is 63.1. The normalized spacial score (nSPS) is 13.2. The maximum Gasteiger partial charge on any atom is 0.430 e. The minimum atomic E-state index is -5.19. The second-order valence-electron chi connectivity index (χ2n) is 12.5. The summed E-state index contributed by atoms with van der Waals surface area (Å²) >= 11 is 0. The number of H-pyrrole nitrogens is 1. The van der Waals surface area contributed by atoms with Gasteiger partial charge in [-0.2, -0.15) is 31.4 Å². The fourth-order valence-corrected chi connectivity index (χ4v) is 5.15. The number of carbonyl (C=O) groups is 4. The lowest BCUT2D eigenvalue weighted by molar-refractivity contribution is -0.807. The van der Waals surface area contributed by atoms with Gasteiger partial charge in [-0.05, 0) is 49.6 Å². The molecule has 54 heavy (non-hydrogen) atoms. The van der Waals surface area contributed by atoms with Crippen LogP contribution in [0.4, 0.5) is 26.3 Å². The summed E-state index contributed by atoms with van der Waals surface area (Å²) in [5.41, 5.74) is 8.64. The molecule has 0 fully saturated rings. The number of quaternary nitrogens is 2. The molecule has 1 aliphatic rings. The Morgan fingerprint density at radius 3 is 2.11 bits per heavy atom. The molecule has 0 saturated carbocycles. The van der Waals surface area contributed by atoms with Crippen LogP contribution in [-0.2, 0) is 32.1 Å². The van der Waals surface area contributed by atoms with E-state index in [2.05, 4.69) is 56.4 Å². The standard InChI is InChI=1S/C32H42N6O2.2C2HF3O2/c1-5-25(39)14-10-7-11-15-29(32-33-21-30(37-32)24-12-8-6-9-13-24)36-31(40)19-26-22(2)35-28-17-16-23(18-27(26)28)20-34-38(3)4;2*3-2(4,5)1(6)7/h6,8-9,12-13,16-18,21,29,34-35H,5,7,10-11,14-15,19-20H2,1-4H3,(H,33,37)(H,36,40);2*(H,6,7)/t29-;;/m0../s1. The number of aryl methyl sites for hydroxylation is 1. The van der Waals surface area contributed by atoms with Crippen LogP contribution in [0.25, 0.3) is 16.6 Å². The first-order valence-corrected chi connectivity index (χ1v) is 16.9. The van der Waals surface area contributed by atoms with Crippen LogP contribution in [0, 0.1) is 6.92 Å². The van der Waals surface area contributed by atoms with Crippen molar-refractivity contribution in [1.82, 2.24) is 15.3 Å². The van der Waals surface area contributed by atoms with E-state index in [0.717, 1.165) is 71.5 Å². The van der Waals surface area contributed by atoms with E-state index in [0.29, 0.717) is 25.0 Å². The van der Waals surface area contributed by atoms with Gasteiger partial charge in [0.2, 0.25) is 11.7 Å². The van der Waals surface area contributed by atoms with Crippen molar-refractivity contribution in [2.75, 3.05) is 14.1 Å². The number of aliphatic imine (C=N–C) groups is 1. The lowest BCUT2D eigenvalue weighted by Crippen LogP contribution is -2.90. The summed E-state index contributed by atoms with van der Waals surface area (Å²) in [6.45, 7) is 4.79. The monoisotopic (exact) mass is 770 g/mol. The number of nitrogens with two attached hydrogens (primary N) is 2. The zero-order chi connectivity index (χ0) is 40.6. The van der Waals surface area contributed by atoms with Gasteiger partial charge in [-0.1, -0.05) is 44.0 Å². The number of ketones is 1. The van der Waals surface area contributed by atoms with Gasteiger partial charge in [-0.3, -0.25) is 20.3 Å². The molecule has 0 radical (unpaired) electrons. The van der Waals surface area contributed by atoms with Gasteiger partial charge >= 0.3 is 12.4 Å². The lowest BCUT2D eigenvalue weighted by atomic mass is 10.0. The van der Waals surface area contributed by atoms with E-state index in [1.54, 1.807) is 0 Å². The highest BCUT2D eigenvalue weighted by Gasteiger charge is 2.30. The number of carbonyl (C=O) groups excluding carboxylic acids is 4. The molecule has 1 atom stereocenters. The molecule has 6 N–H and O–H groups in total. The smallest absolute Gasteiger partial charge is 0.430 e.